The monoisotopic (exact) mass is 448 g/mol. The van der Waals surface area contributed by atoms with Crippen molar-refractivity contribution in [3.8, 4) is 0 Å². The second-order valence-electron chi connectivity index (χ2n) is 9.26. The van der Waals surface area contributed by atoms with Gasteiger partial charge in [-0.1, -0.05) is 30.3 Å². The number of ether oxygens (including phenoxy) is 1. The van der Waals surface area contributed by atoms with Crippen molar-refractivity contribution in [1.82, 2.24) is 9.88 Å². The van der Waals surface area contributed by atoms with Gasteiger partial charge in [-0.25, -0.2) is 4.79 Å². The van der Waals surface area contributed by atoms with E-state index in [1.54, 1.807) is 45.0 Å². The zero-order chi connectivity index (χ0) is 23.8. The predicted octanol–water partition coefficient (Wildman–Crippen LogP) is 4.00. The fraction of sp³-hybridized carbons (Fsp3) is 0.320. The van der Waals surface area contributed by atoms with Crippen LogP contribution in [-0.2, 0) is 9.53 Å². The highest BCUT2D eigenvalue weighted by atomic mass is 16.6. The van der Waals surface area contributed by atoms with Gasteiger partial charge < -0.3 is 20.8 Å². The van der Waals surface area contributed by atoms with E-state index in [1.807, 2.05) is 30.3 Å². The third kappa shape index (κ3) is 4.84. The van der Waals surface area contributed by atoms with Crippen LogP contribution in [0.15, 0.2) is 54.6 Å². The molecule has 1 aliphatic rings. The van der Waals surface area contributed by atoms with Gasteiger partial charge in [0.1, 0.15) is 17.3 Å². The number of likely N-dealkylation sites (tertiary alicyclic amines) is 1. The van der Waals surface area contributed by atoms with Crippen LogP contribution >= 0.6 is 0 Å². The Kier molecular flexibility index (Phi) is 5.84. The minimum absolute atomic E-state index is 0.156. The summed E-state index contributed by atoms with van der Waals surface area (Å²) in [6.45, 7) is 5.83. The molecule has 8 nitrogen and oxygen atoms in total. The molecule has 33 heavy (non-hydrogen) atoms. The van der Waals surface area contributed by atoms with E-state index in [-0.39, 0.29) is 11.8 Å². The molecule has 2 aromatic carbocycles. The minimum atomic E-state index is -0.717. The zero-order valence-corrected chi connectivity index (χ0v) is 18.9. The maximum Gasteiger partial charge on any atom is 0.410 e. The Morgan fingerprint density at radius 2 is 1.82 bits per heavy atom. The fourth-order valence-corrected chi connectivity index (χ4v) is 4.25. The average molecular weight is 449 g/mol. The van der Waals surface area contributed by atoms with E-state index in [0.717, 1.165) is 16.5 Å². The Labute approximate surface area is 192 Å². The summed E-state index contributed by atoms with van der Waals surface area (Å²) >= 11 is 0. The number of benzene rings is 2. The predicted molar refractivity (Wildman–Crippen MR) is 126 cm³/mol. The molecule has 0 unspecified atom stereocenters. The number of nitrogens with zero attached hydrogens (tertiary/aromatic N) is 1. The van der Waals surface area contributed by atoms with Crippen molar-refractivity contribution in [2.75, 3.05) is 11.9 Å². The summed E-state index contributed by atoms with van der Waals surface area (Å²) in [5.41, 5.74) is 7.27. The quantitative estimate of drug-likeness (QED) is 0.559. The second-order valence-corrected chi connectivity index (χ2v) is 9.26. The topological polar surface area (TPSA) is 118 Å². The first-order valence-corrected chi connectivity index (χ1v) is 10.9. The molecule has 8 heteroatoms. The van der Waals surface area contributed by atoms with Gasteiger partial charge in [0.2, 0.25) is 5.91 Å². The summed E-state index contributed by atoms with van der Waals surface area (Å²) in [5, 5.41) is 3.69. The summed E-state index contributed by atoms with van der Waals surface area (Å²) in [7, 11) is 0. The standard InChI is InChI=1S/C25H28N4O4/c1-25(2,3)33-24(32)29-12-11-18(15-7-5-4-6-8-15)21(29)23(31)27-17-9-10-19-16(13-17)14-20(28-19)22(26)30/h4-10,13-14,18,21,28H,11-12H2,1-3H3,(H2,26,30)(H,27,31)/t18-,21+/m0/s1. The summed E-state index contributed by atoms with van der Waals surface area (Å²) in [5.74, 6) is -1.00. The zero-order valence-electron chi connectivity index (χ0n) is 18.9. The van der Waals surface area contributed by atoms with Gasteiger partial charge in [0.25, 0.3) is 5.91 Å². The summed E-state index contributed by atoms with van der Waals surface area (Å²) < 4.78 is 5.58. The van der Waals surface area contributed by atoms with Crippen LogP contribution < -0.4 is 11.1 Å². The van der Waals surface area contributed by atoms with E-state index in [9.17, 15) is 14.4 Å². The molecule has 4 rings (SSSR count). The Bertz CT molecular complexity index is 1200. The van der Waals surface area contributed by atoms with E-state index < -0.39 is 23.6 Å². The number of primary amides is 1. The van der Waals surface area contributed by atoms with Crippen LogP contribution in [0.1, 0.15) is 49.2 Å². The van der Waals surface area contributed by atoms with Gasteiger partial charge in [-0.2, -0.15) is 0 Å². The van der Waals surface area contributed by atoms with Crippen molar-refractivity contribution in [2.24, 2.45) is 5.73 Å². The number of amides is 3. The number of carbonyl (C=O) groups excluding carboxylic acids is 3. The number of aromatic amines is 1. The number of hydrogen-bond acceptors (Lipinski definition) is 4. The van der Waals surface area contributed by atoms with E-state index in [0.29, 0.717) is 24.3 Å². The number of carbonyl (C=O) groups is 3. The van der Waals surface area contributed by atoms with Gasteiger partial charge in [-0.05, 0) is 57.0 Å². The van der Waals surface area contributed by atoms with E-state index >= 15 is 0 Å². The molecule has 4 N–H and O–H groups in total. The van der Waals surface area contributed by atoms with Crippen LogP contribution in [0.4, 0.5) is 10.5 Å². The maximum absolute atomic E-state index is 13.5. The number of anilines is 1. The molecule has 172 valence electrons. The summed E-state index contributed by atoms with van der Waals surface area (Å²) in [6.07, 6.45) is 0.147. The molecule has 1 saturated heterocycles. The maximum atomic E-state index is 13.5. The highest BCUT2D eigenvalue weighted by Crippen LogP contribution is 2.35. The molecule has 0 aliphatic carbocycles. The van der Waals surface area contributed by atoms with Crippen molar-refractivity contribution in [2.45, 2.75) is 44.8 Å². The normalized spacial score (nSPS) is 18.3. The Morgan fingerprint density at radius 3 is 2.48 bits per heavy atom. The van der Waals surface area contributed by atoms with Crippen LogP contribution in [-0.4, -0.2) is 46.0 Å². The molecule has 0 spiro atoms. The second kappa shape index (κ2) is 8.61. The summed E-state index contributed by atoms with van der Waals surface area (Å²) in [4.78, 5) is 42.3. The number of nitrogens with two attached hydrogens (primary N) is 1. The van der Waals surface area contributed by atoms with E-state index in [4.69, 9.17) is 10.5 Å². The van der Waals surface area contributed by atoms with Crippen molar-refractivity contribution in [3.05, 3.63) is 65.9 Å². The molecule has 3 aromatic rings. The smallest absolute Gasteiger partial charge is 0.410 e. The molecule has 2 heterocycles. The lowest BCUT2D eigenvalue weighted by atomic mass is 9.91. The van der Waals surface area contributed by atoms with Crippen molar-refractivity contribution in [1.29, 1.82) is 0 Å². The molecule has 3 amide bonds. The van der Waals surface area contributed by atoms with Crippen molar-refractivity contribution in [3.63, 3.8) is 0 Å². The Hall–Kier alpha value is -3.81. The molecule has 0 saturated carbocycles. The van der Waals surface area contributed by atoms with Gasteiger partial charge in [0.15, 0.2) is 0 Å². The van der Waals surface area contributed by atoms with Crippen LogP contribution in [0.3, 0.4) is 0 Å². The van der Waals surface area contributed by atoms with Gasteiger partial charge >= 0.3 is 6.09 Å². The molecule has 1 fully saturated rings. The minimum Gasteiger partial charge on any atom is -0.444 e. The van der Waals surface area contributed by atoms with E-state index in [1.165, 1.54) is 4.90 Å². The van der Waals surface area contributed by atoms with Crippen LogP contribution in [0.5, 0.6) is 0 Å². The first-order valence-electron chi connectivity index (χ1n) is 10.9. The van der Waals surface area contributed by atoms with Crippen LogP contribution in [0, 0.1) is 0 Å². The molecule has 1 aromatic heterocycles. The molecular formula is C25H28N4O4. The number of nitrogens with one attached hydrogen (secondary N) is 2. The SMILES string of the molecule is CC(C)(C)OC(=O)N1CC[C@@H](c2ccccc2)[C@@H]1C(=O)Nc1ccc2[nH]c(C(N)=O)cc2c1. The lowest BCUT2D eigenvalue weighted by Gasteiger charge is -2.30. The molecule has 2 atom stereocenters. The number of rotatable bonds is 4. The van der Waals surface area contributed by atoms with Crippen molar-refractivity contribution >= 4 is 34.5 Å². The number of H-pyrrole nitrogens is 1. The first-order chi connectivity index (χ1) is 15.6. The van der Waals surface area contributed by atoms with E-state index in [2.05, 4.69) is 10.3 Å². The van der Waals surface area contributed by atoms with Gasteiger partial charge in [-0.15, -0.1) is 0 Å². The summed E-state index contributed by atoms with van der Waals surface area (Å²) in [6, 6.07) is 15.9. The van der Waals surface area contributed by atoms with Crippen LogP contribution in [0.2, 0.25) is 0 Å². The van der Waals surface area contributed by atoms with Crippen LogP contribution in [0.25, 0.3) is 10.9 Å². The van der Waals surface area contributed by atoms with Gasteiger partial charge in [0.05, 0.1) is 0 Å². The largest absolute Gasteiger partial charge is 0.444 e. The third-order valence-electron chi connectivity index (χ3n) is 5.68. The Balaban J connectivity index is 1.62. The molecule has 1 aliphatic heterocycles. The number of hydrogen-bond donors (Lipinski definition) is 3. The fourth-order valence-electron chi connectivity index (χ4n) is 4.25. The Morgan fingerprint density at radius 1 is 1.09 bits per heavy atom. The van der Waals surface area contributed by atoms with Gasteiger partial charge in [-0.3, -0.25) is 14.5 Å². The molecule has 0 bridgehead atoms. The van der Waals surface area contributed by atoms with Gasteiger partial charge in [0, 0.05) is 29.1 Å². The highest BCUT2D eigenvalue weighted by Gasteiger charge is 2.44. The third-order valence-corrected chi connectivity index (χ3v) is 5.68. The average Bonchev–Trinajstić information content (AvgIpc) is 3.37. The lowest BCUT2D eigenvalue weighted by molar-refractivity contribution is -0.120. The highest BCUT2D eigenvalue weighted by molar-refractivity contribution is 6.01. The number of fused-ring (bicyclic) bond motifs is 1. The lowest BCUT2D eigenvalue weighted by Crippen LogP contribution is -2.47. The first kappa shape index (κ1) is 22.4. The van der Waals surface area contributed by atoms with Crippen molar-refractivity contribution < 1.29 is 19.1 Å². The molecular weight excluding hydrogens is 420 g/mol. The molecule has 0 radical (unpaired) electrons. The number of aromatic nitrogens is 1.